The molecule has 0 aromatic heterocycles. The molecular weight excluding hydrogens is 675 g/mol. The number of nitrogens with one attached hydrogen (secondary N) is 2. The Hall–Kier alpha value is -3.59. The Bertz CT molecular complexity index is 1790. The highest BCUT2D eigenvalue weighted by molar-refractivity contribution is 7.98. The van der Waals surface area contributed by atoms with Crippen LogP contribution in [0.4, 0.5) is 11.4 Å². The lowest BCUT2D eigenvalue weighted by Gasteiger charge is -2.36. The number of thioether (sulfide) groups is 1. The first-order valence-corrected chi connectivity index (χ1v) is 20.3. The summed E-state index contributed by atoms with van der Waals surface area (Å²) in [5.41, 5.74) is 1.41. The highest BCUT2D eigenvalue weighted by atomic mass is 32.2. The molecule has 1 heterocycles. The van der Waals surface area contributed by atoms with Crippen molar-refractivity contribution in [3.8, 4) is 5.75 Å². The predicted molar refractivity (Wildman–Crippen MR) is 188 cm³/mol. The Labute approximate surface area is 287 Å². The van der Waals surface area contributed by atoms with Crippen LogP contribution in [0.5, 0.6) is 5.75 Å². The monoisotopic (exact) mass is 717 g/mol. The van der Waals surface area contributed by atoms with E-state index in [-0.39, 0.29) is 22.9 Å². The van der Waals surface area contributed by atoms with Crippen molar-refractivity contribution < 1.29 is 35.7 Å². The van der Waals surface area contributed by atoms with Gasteiger partial charge in [0.2, 0.25) is 5.91 Å². The van der Waals surface area contributed by atoms with Crippen molar-refractivity contribution in [3.05, 3.63) is 78.4 Å². The zero-order valence-electron chi connectivity index (χ0n) is 27.3. The van der Waals surface area contributed by atoms with Crippen molar-refractivity contribution in [2.45, 2.75) is 55.4 Å². The second-order valence-corrected chi connectivity index (χ2v) is 16.3. The van der Waals surface area contributed by atoms with E-state index in [1.807, 2.05) is 43.5 Å². The third-order valence-corrected chi connectivity index (χ3v) is 11.9. The summed E-state index contributed by atoms with van der Waals surface area (Å²) in [4.78, 5) is 29.0. The maximum Gasteiger partial charge on any atom is 0.266 e. The fourth-order valence-corrected chi connectivity index (χ4v) is 8.92. The summed E-state index contributed by atoms with van der Waals surface area (Å²) in [6.45, 7) is 3.80. The van der Waals surface area contributed by atoms with Gasteiger partial charge in [-0.1, -0.05) is 75.2 Å². The number of carbonyl (C=O) groups excluding carboxylic acids is 2. The van der Waals surface area contributed by atoms with Gasteiger partial charge in [0.15, 0.2) is 16.4 Å². The molecule has 0 saturated carbocycles. The molecule has 2 amide bonds. The molecule has 3 N–H and O–H groups in total. The van der Waals surface area contributed by atoms with Gasteiger partial charge in [0.05, 0.1) is 27.0 Å². The summed E-state index contributed by atoms with van der Waals surface area (Å²) in [6.07, 6.45) is 5.15. The molecule has 260 valence electrons. The number of hydrogen-bond donors (Lipinski definition) is 3. The van der Waals surface area contributed by atoms with Gasteiger partial charge in [0, 0.05) is 30.3 Å². The normalized spacial score (nSPS) is 17.9. The SMILES string of the molecule is CCCCC1(CC)CN(c2ccccc2)c2cc(SC)c(OCC(=O)N[C@H](C(=O)NCCS(=O)(=O)O)c3ccccc3)cc2S(=O)(=O)C1. The first kappa shape index (κ1) is 37.2. The van der Waals surface area contributed by atoms with Gasteiger partial charge in [-0.2, -0.15) is 8.42 Å². The maximum atomic E-state index is 14.2. The molecule has 1 aliphatic rings. The second-order valence-electron chi connectivity index (χ2n) is 11.9. The van der Waals surface area contributed by atoms with Gasteiger partial charge in [-0.05, 0) is 42.9 Å². The fraction of sp³-hybridized carbons (Fsp3) is 0.412. The molecule has 48 heavy (non-hydrogen) atoms. The van der Waals surface area contributed by atoms with Crippen LogP contribution in [0.1, 0.15) is 51.1 Å². The van der Waals surface area contributed by atoms with E-state index in [9.17, 15) is 26.4 Å². The molecule has 11 nitrogen and oxygen atoms in total. The number of amides is 2. The number of sulfone groups is 1. The Morgan fingerprint density at radius 2 is 1.73 bits per heavy atom. The first-order valence-electron chi connectivity index (χ1n) is 15.8. The third-order valence-electron chi connectivity index (χ3n) is 8.46. The van der Waals surface area contributed by atoms with Gasteiger partial charge in [0.1, 0.15) is 11.8 Å². The quantitative estimate of drug-likeness (QED) is 0.142. The van der Waals surface area contributed by atoms with Crippen molar-refractivity contribution in [2.24, 2.45) is 5.41 Å². The van der Waals surface area contributed by atoms with Crippen molar-refractivity contribution in [1.29, 1.82) is 0 Å². The lowest BCUT2D eigenvalue weighted by atomic mass is 9.81. The number of unbranched alkanes of at least 4 members (excludes halogenated alkanes) is 1. The average Bonchev–Trinajstić information content (AvgIpc) is 3.16. The molecule has 4 rings (SSSR count). The van der Waals surface area contributed by atoms with Gasteiger partial charge < -0.3 is 20.3 Å². The Kier molecular flexibility index (Phi) is 12.6. The maximum absolute atomic E-state index is 14.2. The molecular formula is C34H43N3O8S3. The lowest BCUT2D eigenvalue weighted by Crippen LogP contribution is -2.43. The van der Waals surface area contributed by atoms with Crippen LogP contribution >= 0.6 is 11.8 Å². The van der Waals surface area contributed by atoms with Crippen LogP contribution in [0.3, 0.4) is 0 Å². The number of nitrogens with zero attached hydrogens (tertiary/aromatic N) is 1. The number of ether oxygens (including phenoxy) is 1. The van der Waals surface area contributed by atoms with E-state index in [0.717, 1.165) is 24.9 Å². The minimum absolute atomic E-state index is 0.0170. The van der Waals surface area contributed by atoms with Crippen molar-refractivity contribution in [2.75, 3.05) is 42.4 Å². The van der Waals surface area contributed by atoms with Crippen LogP contribution in [0.15, 0.2) is 82.6 Å². The first-order chi connectivity index (χ1) is 22.8. The zero-order valence-corrected chi connectivity index (χ0v) is 29.8. The minimum atomic E-state index is -4.30. The highest BCUT2D eigenvalue weighted by Crippen LogP contribution is 2.47. The predicted octanol–water partition coefficient (Wildman–Crippen LogP) is 5.16. The number of benzene rings is 3. The smallest absolute Gasteiger partial charge is 0.266 e. The largest absolute Gasteiger partial charge is 0.483 e. The Morgan fingerprint density at radius 3 is 2.33 bits per heavy atom. The molecule has 3 aromatic carbocycles. The van der Waals surface area contributed by atoms with Crippen molar-refractivity contribution in [3.63, 3.8) is 0 Å². The molecule has 2 atom stereocenters. The average molecular weight is 718 g/mol. The highest BCUT2D eigenvalue weighted by Gasteiger charge is 2.42. The summed E-state index contributed by atoms with van der Waals surface area (Å²) in [5.74, 6) is -1.82. The molecule has 1 aliphatic heterocycles. The standard InChI is InChI=1S/C34H43N3O8S3/c1-4-6-17-34(5-2)23-37(26-15-11-8-12-16-26)27-20-29(46-3)28(21-30(27)47(40,41)24-34)45-22-31(38)36-32(25-13-9-7-10-14-25)33(39)35-18-19-48(42,43)44/h7-16,20-21,32H,4-6,17-19,22-24H2,1-3H3,(H,35,39)(H,36,38)(H,42,43,44)/t32-,34?/m0/s1. The number of para-hydroxylation sites is 1. The third kappa shape index (κ3) is 9.52. The van der Waals surface area contributed by atoms with Gasteiger partial charge in [-0.15, -0.1) is 11.8 Å². The minimum Gasteiger partial charge on any atom is -0.483 e. The number of carbonyl (C=O) groups is 2. The van der Waals surface area contributed by atoms with E-state index in [0.29, 0.717) is 29.1 Å². The lowest BCUT2D eigenvalue weighted by molar-refractivity contribution is -0.130. The fourth-order valence-electron chi connectivity index (χ4n) is 5.84. The zero-order chi connectivity index (χ0) is 35.0. The molecule has 0 radical (unpaired) electrons. The van der Waals surface area contributed by atoms with Crippen LogP contribution in [0, 0.1) is 5.41 Å². The van der Waals surface area contributed by atoms with E-state index in [1.54, 1.807) is 36.4 Å². The van der Waals surface area contributed by atoms with Crippen LogP contribution in [-0.2, 0) is 29.5 Å². The van der Waals surface area contributed by atoms with E-state index in [4.69, 9.17) is 9.29 Å². The summed E-state index contributed by atoms with van der Waals surface area (Å²) in [7, 11) is -8.08. The van der Waals surface area contributed by atoms with Crippen molar-refractivity contribution in [1.82, 2.24) is 10.6 Å². The molecule has 0 aliphatic carbocycles. The van der Waals surface area contributed by atoms with Crippen molar-refractivity contribution >= 4 is 54.9 Å². The molecule has 1 unspecified atom stereocenters. The van der Waals surface area contributed by atoms with E-state index in [1.165, 1.54) is 17.8 Å². The molecule has 0 fully saturated rings. The number of anilines is 2. The Balaban J connectivity index is 1.64. The van der Waals surface area contributed by atoms with Crippen LogP contribution in [0.2, 0.25) is 0 Å². The summed E-state index contributed by atoms with van der Waals surface area (Å²) >= 11 is 1.36. The summed E-state index contributed by atoms with van der Waals surface area (Å²) < 4.78 is 65.5. The second kappa shape index (κ2) is 16.2. The molecule has 0 spiro atoms. The Morgan fingerprint density at radius 1 is 1.06 bits per heavy atom. The van der Waals surface area contributed by atoms with Crippen LogP contribution < -0.4 is 20.3 Å². The van der Waals surface area contributed by atoms with Crippen LogP contribution in [-0.4, -0.2) is 70.7 Å². The van der Waals surface area contributed by atoms with Gasteiger partial charge in [-0.25, -0.2) is 8.42 Å². The van der Waals surface area contributed by atoms with Crippen LogP contribution in [0.25, 0.3) is 0 Å². The topological polar surface area (TPSA) is 159 Å². The molecule has 0 bridgehead atoms. The van der Waals surface area contributed by atoms with E-state index >= 15 is 0 Å². The van der Waals surface area contributed by atoms with Gasteiger partial charge >= 0.3 is 0 Å². The number of fused-ring (bicyclic) bond motifs is 1. The summed E-state index contributed by atoms with van der Waals surface area (Å²) in [6, 6.07) is 20.2. The van der Waals surface area contributed by atoms with E-state index < -0.39 is 55.6 Å². The molecule has 0 saturated heterocycles. The van der Waals surface area contributed by atoms with Gasteiger partial charge in [-0.3, -0.25) is 14.1 Å². The summed E-state index contributed by atoms with van der Waals surface area (Å²) in [5, 5.41) is 5.04. The molecule has 14 heteroatoms. The van der Waals surface area contributed by atoms with E-state index in [2.05, 4.69) is 22.5 Å². The molecule has 3 aromatic rings. The van der Waals surface area contributed by atoms with Gasteiger partial charge in [0.25, 0.3) is 16.0 Å². The number of rotatable bonds is 15. The number of hydrogen-bond acceptors (Lipinski definition) is 9.